The summed E-state index contributed by atoms with van der Waals surface area (Å²) in [5.74, 6) is 0.275. The van der Waals surface area contributed by atoms with Crippen LogP contribution in [-0.2, 0) is 36.5 Å². The highest BCUT2D eigenvalue weighted by atomic mass is 35.5. The summed E-state index contributed by atoms with van der Waals surface area (Å²) in [6.45, 7) is 7.79. The molecule has 2 heterocycles. The minimum atomic E-state index is -3.82. The van der Waals surface area contributed by atoms with Gasteiger partial charge in [-0.25, -0.2) is 19.1 Å². The number of para-hydroxylation sites is 1. The lowest BCUT2D eigenvalue weighted by molar-refractivity contribution is -0.150. The molecule has 4 rings (SSSR count). The fourth-order valence-corrected chi connectivity index (χ4v) is 8.29. The Hall–Kier alpha value is -3.54. The maximum atomic E-state index is 13.7. The Kier molecular flexibility index (Phi) is 14.4. The fraction of sp³-hybridized carbons (Fsp3) is 0.353. The average Bonchev–Trinajstić information content (AvgIpc) is 3.39. The van der Waals surface area contributed by atoms with Crippen molar-refractivity contribution in [3.05, 3.63) is 100 Å². The van der Waals surface area contributed by atoms with Crippen LogP contribution in [0.2, 0.25) is 10.0 Å². The Balaban J connectivity index is 1.44. The summed E-state index contributed by atoms with van der Waals surface area (Å²) in [5, 5.41) is 4.58. The lowest BCUT2D eigenvalue weighted by atomic mass is 10.1. The number of amides is 1. The van der Waals surface area contributed by atoms with Gasteiger partial charge in [-0.05, 0) is 68.1 Å². The number of nitrogens with one attached hydrogen (secondary N) is 1. The number of hydrogen-bond acceptors (Lipinski definition) is 10. The lowest BCUT2D eigenvalue weighted by Gasteiger charge is -2.22. The monoisotopic (exact) mass is 748 g/mol. The average molecular weight is 750 g/mol. The number of rotatable bonds is 17. The molecular weight excluding hydrogens is 710 g/mol. The van der Waals surface area contributed by atoms with Gasteiger partial charge in [0.2, 0.25) is 0 Å². The van der Waals surface area contributed by atoms with E-state index in [1.807, 2.05) is 42.7 Å². The zero-order valence-electron chi connectivity index (χ0n) is 27.6. The smallest absolute Gasteiger partial charge is 0.407 e. The van der Waals surface area contributed by atoms with E-state index in [4.69, 9.17) is 46.7 Å². The van der Waals surface area contributed by atoms with Gasteiger partial charge in [0.15, 0.2) is 12.7 Å². The van der Waals surface area contributed by atoms with Gasteiger partial charge in [-0.1, -0.05) is 73.1 Å². The molecular formula is C34H39Cl2N4O7PS. The van der Waals surface area contributed by atoms with Crippen LogP contribution < -0.4 is 9.84 Å². The summed E-state index contributed by atoms with van der Waals surface area (Å²) in [6, 6.07) is 17.7. The molecule has 1 unspecified atom stereocenters. The van der Waals surface area contributed by atoms with Crippen molar-refractivity contribution >= 4 is 54.6 Å². The van der Waals surface area contributed by atoms with E-state index in [1.165, 1.54) is 18.7 Å². The van der Waals surface area contributed by atoms with Crippen LogP contribution in [0.25, 0.3) is 0 Å². The van der Waals surface area contributed by atoms with Gasteiger partial charge in [-0.2, -0.15) is 0 Å². The number of nitrogens with zero attached hydrogens (tertiary/aromatic N) is 3. The van der Waals surface area contributed by atoms with E-state index in [-0.39, 0.29) is 38.3 Å². The number of imidazole rings is 1. The van der Waals surface area contributed by atoms with Crippen molar-refractivity contribution in [3.8, 4) is 5.75 Å². The van der Waals surface area contributed by atoms with Crippen molar-refractivity contribution in [1.29, 1.82) is 0 Å². The molecule has 2 aromatic heterocycles. The normalized spacial score (nSPS) is 13.0. The molecule has 0 aliphatic rings. The van der Waals surface area contributed by atoms with Gasteiger partial charge in [0.05, 0.1) is 25.0 Å². The molecule has 262 valence electrons. The number of hydrogen-bond donors (Lipinski definition) is 1. The molecule has 0 aliphatic heterocycles. The SMILES string of the molecule is CCOC(=O)[C@H](C)OP(=O)(CCCNC(=O)OCc1nc(C(C)C)c(Sc2cc(Cl)cc(Cl)c2)n1Cc1cccnc1)Oc1ccccc1. The van der Waals surface area contributed by atoms with Crippen LogP contribution in [0.15, 0.2) is 83.0 Å². The summed E-state index contributed by atoms with van der Waals surface area (Å²) in [5.41, 5.74) is 1.77. The second-order valence-corrected chi connectivity index (χ2v) is 15.1. The van der Waals surface area contributed by atoms with Crippen molar-refractivity contribution < 1.29 is 32.7 Å². The zero-order valence-corrected chi connectivity index (χ0v) is 30.9. The summed E-state index contributed by atoms with van der Waals surface area (Å²) >= 11 is 14.1. The van der Waals surface area contributed by atoms with Crippen molar-refractivity contribution in [2.75, 3.05) is 19.3 Å². The van der Waals surface area contributed by atoms with E-state index in [1.54, 1.807) is 55.7 Å². The number of esters is 1. The van der Waals surface area contributed by atoms with Crippen LogP contribution in [0, 0.1) is 0 Å². The first kappa shape index (κ1) is 38.3. The molecule has 0 aliphatic carbocycles. The van der Waals surface area contributed by atoms with Gasteiger partial charge in [0.25, 0.3) is 0 Å². The zero-order chi connectivity index (χ0) is 35.4. The van der Waals surface area contributed by atoms with Crippen molar-refractivity contribution in [2.45, 2.75) is 69.2 Å². The molecule has 1 N–H and O–H groups in total. The number of aromatic nitrogens is 3. The number of benzene rings is 2. The summed E-state index contributed by atoms with van der Waals surface area (Å²) < 4.78 is 37.6. The van der Waals surface area contributed by atoms with Gasteiger partial charge >= 0.3 is 19.7 Å². The van der Waals surface area contributed by atoms with Crippen molar-refractivity contribution in [1.82, 2.24) is 19.9 Å². The highest BCUT2D eigenvalue weighted by Gasteiger charge is 2.32. The third-order valence-corrected chi connectivity index (χ3v) is 10.3. The number of ether oxygens (including phenoxy) is 2. The van der Waals surface area contributed by atoms with Gasteiger partial charge in [0, 0.05) is 33.9 Å². The minimum absolute atomic E-state index is 0.0578. The molecule has 0 saturated heterocycles. The number of carbonyl (C=O) groups is 2. The molecule has 11 nitrogen and oxygen atoms in total. The topological polar surface area (TPSA) is 131 Å². The predicted molar refractivity (Wildman–Crippen MR) is 190 cm³/mol. The Morgan fingerprint density at radius 1 is 1.02 bits per heavy atom. The molecule has 0 radical (unpaired) electrons. The minimum Gasteiger partial charge on any atom is -0.464 e. The second kappa shape index (κ2) is 18.5. The molecule has 15 heteroatoms. The van der Waals surface area contributed by atoms with Crippen LogP contribution in [0.5, 0.6) is 5.75 Å². The quantitative estimate of drug-likeness (QED) is 0.0635. The first-order valence-corrected chi connectivity index (χ1v) is 19.0. The molecule has 0 spiro atoms. The summed E-state index contributed by atoms with van der Waals surface area (Å²) in [6.07, 6.45) is 1.82. The van der Waals surface area contributed by atoms with Crippen LogP contribution >= 0.6 is 42.6 Å². The van der Waals surface area contributed by atoms with E-state index < -0.39 is 25.8 Å². The largest absolute Gasteiger partial charge is 0.464 e. The third kappa shape index (κ3) is 11.8. The maximum Gasteiger partial charge on any atom is 0.407 e. The van der Waals surface area contributed by atoms with E-state index in [0.29, 0.717) is 28.2 Å². The maximum absolute atomic E-state index is 13.7. The van der Waals surface area contributed by atoms with E-state index in [2.05, 4.69) is 10.3 Å². The molecule has 49 heavy (non-hydrogen) atoms. The standard InChI is InChI=1S/C34H39Cl2N4O7PS/c1-5-44-33(41)24(4)46-48(43,47-28-12-7-6-8-13-28)16-10-15-38-34(42)45-22-30-39-31(23(2)3)32(40(30)21-25-11-9-14-37-20-25)49-29-18-26(35)17-27(36)19-29/h6-9,11-14,17-20,23-24H,5,10,15-16,21-22H2,1-4H3,(H,38,42)/t24-,48?/m0/s1. The molecule has 1 amide bonds. The van der Waals surface area contributed by atoms with E-state index >= 15 is 0 Å². The number of halogens is 2. The highest BCUT2D eigenvalue weighted by Crippen LogP contribution is 2.50. The number of pyridine rings is 1. The van der Waals surface area contributed by atoms with E-state index in [9.17, 15) is 14.2 Å². The second-order valence-electron chi connectivity index (χ2n) is 11.1. The van der Waals surface area contributed by atoms with Gasteiger partial charge in [-0.3, -0.25) is 9.51 Å². The molecule has 2 atom stereocenters. The molecule has 0 bridgehead atoms. The predicted octanol–water partition coefficient (Wildman–Crippen LogP) is 8.76. The molecule has 0 fully saturated rings. The lowest BCUT2D eigenvalue weighted by Crippen LogP contribution is -2.27. The van der Waals surface area contributed by atoms with Gasteiger partial charge in [-0.15, -0.1) is 0 Å². The van der Waals surface area contributed by atoms with E-state index in [0.717, 1.165) is 21.2 Å². The Bertz CT molecular complexity index is 1730. The molecule has 4 aromatic rings. The third-order valence-electron chi connectivity index (χ3n) is 6.82. The Morgan fingerprint density at radius 2 is 1.76 bits per heavy atom. The Labute approximate surface area is 300 Å². The Morgan fingerprint density at radius 3 is 2.41 bits per heavy atom. The van der Waals surface area contributed by atoms with Crippen LogP contribution in [0.4, 0.5) is 4.79 Å². The molecule has 0 saturated carbocycles. The number of alkyl carbamates (subject to hydrolysis) is 1. The number of carbonyl (C=O) groups excluding carboxylic acids is 2. The fourth-order valence-electron chi connectivity index (χ4n) is 4.58. The van der Waals surface area contributed by atoms with Crippen molar-refractivity contribution in [3.63, 3.8) is 0 Å². The first-order valence-electron chi connectivity index (χ1n) is 15.7. The summed E-state index contributed by atoms with van der Waals surface area (Å²) in [7, 11) is -3.82. The van der Waals surface area contributed by atoms with Crippen LogP contribution in [0.3, 0.4) is 0 Å². The van der Waals surface area contributed by atoms with Crippen LogP contribution in [0.1, 0.15) is 57.1 Å². The first-order chi connectivity index (χ1) is 23.5. The highest BCUT2D eigenvalue weighted by molar-refractivity contribution is 7.99. The summed E-state index contributed by atoms with van der Waals surface area (Å²) in [4.78, 5) is 35.0. The molecule has 2 aromatic carbocycles. The van der Waals surface area contributed by atoms with Gasteiger partial charge in [0.1, 0.15) is 16.6 Å². The van der Waals surface area contributed by atoms with Crippen LogP contribution in [-0.4, -0.2) is 52.0 Å². The van der Waals surface area contributed by atoms with Crippen molar-refractivity contribution in [2.24, 2.45) is 0 Å². The van der Waals surface area contributed by atoms with Gasteiger partial charge < -0.3 is 23.9 Å².